The van der Waals surface area contributed by atoms with Crippen LogP contribution < -0.4 is 10.1 Å². The fourth-order valence-electron chi connectivity index (χ4n) is 6.82. The predicted molar refractivity (Wildman–Crippen MR) is 170 cm³/mol. The Morgan fingerprint density at radius 2 is 1.53 bits per heavy atom. The van der Waals surface area contributed by atoms with E-state index in [0.717, 1.165) is 44.5 Å². The van der Waals surface area contributed by atoms with Crippen LogP contribution in [0.3, 0.4) is 0 Å². The molecular weight excluding hydrogens is 586 g/mol. The van der Waals surface area contributed by atoms with Crippen molar-refractivity contribution in [3.05, 3.63) is 54.1 Å². The van der Waals surface area contributed by atoms with E-state index in [1.807, 2.05) is 29.2 Å². The van der Waals surface area contributed by atoms with Gasteiger partial charge in [-0.25, -0.2) is 8.42 Å². The number of benzene rings is 2. The maximum absolute atomic E-state index is 13.8. The SMILES string of the molecule is CCCCN1C(=O)[C@H](CC2CCCCC2)NC(=O)C12CCN(Cc1ccc(Oc3ccc(S(C)(=O)=O)cc3)cc1)CC2.Cl. The van der Waals surface area contributed by atoms with Gasteiger partial charge in [0, 0.05) is 32.4 Å². The summed E-state index contributed by atoms with van der Waals surface area (Å²) in [4.78, 5) is 32.1. The summed E-state index contributed by atoms with van der Waals surface area (Å²) in [7, 11) is -3.24. The van der Waals surface area contributed by atoms with Crippen LogP contribution >= 0.6 is 12.4 Å². The number of nitrogens with one attached hydrogen (secondary N) is 1. The number of carbonyl (C=O) groups excluding carboxylic acids is 2. The van der Waals surface area contributed by atoms with Crippen molar-refractivity contribution in [3.8, 4) is 11.5 Å². The smallest absolute Gasteiger partial charge is 0.246 e. The summed E-state index contributed by atoms with van der Waals surface area (Å²) >= 11 is 0. The summed E-state index contributed by atoms with van der Waals surface area (Å²) in [6.07, 6.45) is 11.2. The van der Waals surface area contributed by atoms with Gasteiger partial charge in [0.15, 0.2) is 9.84 Å². The molecule has 1 aliphatic carbocycles. The molecule has 43 heavy (non-hydrogen) atoms. The lowest BCUT2D eigenvalue weighted by Gasteiger charge is -2.52. The highest BCUT2D eigenvalue weighted by atomic mass is 35.5. The number of sulfone groups is 1. The molecular formula is C33H46ClN3O5S. The zero-order valence-corrected chi connectivity index (χ0v) is 27.1. The molecule has 10 heteroatoms. The molecule has 3 fully saturated rings. The average molecular weight is 632 g/mol. The molecule has 2 amide bonds. The van der Waals surface area contributed by atoms with Gasteiger partial charge in [-0.2, -0.15) is 0 Å². The normalized spacial score (nSPS) is 21.3. The lowest BCUT2D eigenvalue weighted by atomic mass is 9.79. The molecule has 2 saturated heterocycles. The molecule has 2 heterocycles. The van der Waals surface area contributed by atoms with Crippen LogP contribution in [0.4, 0.5) is 0 Å². The summed E-state index contributed by atoms with van der Waals surface area (Å²) < 4.78 is 29.3. The quantitative estimate of drug-likeness (QED) is 0.360. The molecule has 1 saturated carbocycles. The van der Waals surface area contributed by atoms with Crippen molar-refractivity contribution < 1.29 is 22.7 Å². The minimum atomic E-state index is -3.24. The van der Waals surface area contributed by atoms with Crippen molar-refractivity contribution in [2.24, 2.45) is 5.92 Å². The highest BCUT2D eigenvalue weighted by Crippen LogP contribution is 2.36. The van der Waals surface area contributed by atoms with E-state index in [-0.39, 0.29) is 35.2 Å². The first kappa shape index (κ1) is 33.3. The largest absolute Gasteiger partial charge is 0.457 e. The molecule has 0 unspecified atom stereocenters. The van der Waals surface area contributed by atoms with Gasteiger partial charge >= 0.3 is 0 Å². The van der Waals surface area contributed by atoms with Crippen molar-refractivity contribution in [1.82, 2.24) is 15.1 Å². The van der Waals surface area contributed by atoms with Crippen molar-refractivity contribution in [1.29, 1.82) is 0 Å². The molecule has 0 bridgehead atoms. The lowest BCUT2D eigenvalue weighted by molar-refractivity contribution is -0.162. The third-order valence-electron chi connectivity index (χ3n) is 9.34. The highest BCUT2D eigenvalue weighted by molar-refractivity contribution is 7.90. The van der Waals surface area contributed by atoms with Gasteiger partial charge in [-0.3, -0.25) is 14.5 Å². The molecule has 5 rings (SSSR count). The van der Waals surface area contributed by atoms with Gasteiger partial charge in [0.2, 0.25) is 11.8 Å². The Labute approximate surface area is 262 Å². The average Bonchev–Trinajstić information content (AvgIpc) is 2.98. The number of piperidine rings is 1. The standard InChI is InChI=1S/C33H45N3O5S.ClH/c1-3-4-20-36-31(37)30(23-25-8-6-5-7-9-25)34-32(38)33(36)18-21-35(22-19-33)24-26-10-12-27(13-11-26)41-28-14-16-29(17-15-28)42(2,39)40;/h10-17,25,30H,3-9,18-24H2,1-2H3,(H,34,38);1H/t30-;/m0./s1. The summed E-state index contributed by atoms with van der Waals surface area (Å²) in [5.41, 5.74) is 0.404. The van der Waals surface area contributed by atoms with Crippen molar-refractivity contribution >= 4 is 34.1 Å². The van der Waals surface area contributed by atoms with E-state index in [9.17, 15) is 18.0 Å². The van der Waals surface area contributed by atoms with Crippen LogP contribution in [0, 0.1) is 5.92 Å². The number of hydrogen-bond donors (Lipinski definition) is 1. The second-order valence-electron chi connectivity index (χ2n) is 12.4. The van der Waals surface area contributed by atoms with E-state index < -0.39 is 15.4 Å². The van der Waals surface area contributed by atoms with Crippen LogP contribution in [0.5, 0.6) is 11.5 Å². The topological polar surface area (TPSA) is 96.0 Å². The minimum Gasteiger partial charge on any atom is -0.457 e. The molecule has 236 valence electrons. The Bertz CT molecular complexity index is 1340. The second kappa shape index (κ2) is 14.4. The Hall–Kier alpha value is -2.62. The molecule has 0 radical (unpaired) electrons. The number of piperazine rings is 1. The second-order valence-corrected chi connectivity index (χ2v) is 14.4. The van der Waals surface area contributed by atoms with Gasteiger partial charge in [0.1, 0.15) is 23.1 Å². The van der Waals surface area contributed by atoms with Crippen molar-refractivity contribution in [3.63, 3.8) is 0 Å². The van der Waals surface area contributed by atoms with E-state index in [2.05, 4.69) is 17.1 Å². The first-order chi connectivity index (χ1) is 20.2. The Balaban J connectivity index is 0.00000423. The number of hydrogen-bond acceptors (Lipinski definition) is 6. The monoisotopic (exact) mass is 631 g/mol. The van der Waals surface area contributed by atoms with Gasteiger partial charge < -0.3 is 15.0 Å². The molecule has 2 aromatic carbocycles. The van der Waals surface area contributed by atoms with Crippen LogP contribution in [0.2, 0.25) is 0 Å². The van der Waals surface area contributed by atoms with Gasteiger partial charge in [0.05, 0.1) is 4.90 Å². The maximum atomic E-state index is 13.8. The third kappa shape index (κ3) is 7.91. The van der Waals surface area contributed by atoms with Gasteiger partial charge in [-0.1, -0.05) is 57.6 Å². The lowest BCUT2D eigenvalue weighted by Crippen LogP contribution is -2.73. The van der Waals surface area contributed by atoms with E-state index in [1.165, 1.54) is 38.4 Å². The highest BCUT2D eigenvalue weighted by Gasteiger charge is 2.53. The molecule has 1 spiro atoms. The van der Waals surface area contributed by atoms with Crippen molar-refractivity contribution in [2.75, 3.05) is 25.9 Å². The molecule has 1 N–H and O–H groups in total. The fourth-order valence-corrected chi connectivity index (χ4v) is 7.45. The first-order valence-corrected chi connectivity index (χ1v) is 17.5. The zero-order chi connectivity index (χ0) is 29.7. The summed E-state index contributed by atoms with van der Waals surface area (Å²) in [5, 5.41) is 3.19. The number of likely N-dealkylation sites (tertiary alicyclic amines) is 1. The van der Waals surface area contributed by atoms with Crippen LogP contribution in [0.15, 0.2) is 53.4 Å². The predicted octanol–water partition coefficient (Wildman–Crippen LogP) is 5.74. The molecule has 0 aromatic heterocycles. The van der Waals surface area contributed by atoms with Gasteiger partial charge in [-0.15, -0.1) is 12.4 Å². The molecule has 2 aliphatic heterocycles. The number of halogens is 1. The number of amides is 2. The Morgan fingerprint density at radius 1 is 0.930 bits per heavy atom. The Morgan fingerprint density at radius 3 is 2.12 bits per heavy atom. The number of rotatable bonds is 10. The van der Waals surface area contributed by atoms with Gasteiger partial charge in [-0.05, 0) is 73.6 Å². The number of ether oxygens (including phenoxy) is 1. The maximum Gasteiger partial charge on any atom is 0.246 e. The van der Waals surface area contributed by atoms with Gasteiger partial charge in [0.25, 0.3) is 0 Å². The number of carbonyl (C=O) groups is 2. The third-order valence-corrected chi connectivity index (χ3v) is 10.5. The molecule has 1 atom stereocenters. The summed E-state index contributed by atoms with van der Waals surface area (Å²) in [6, 6.07) is 13.9. The van der Waals surface area contributed by atoms with Crippen LogP contribution in [-0.2, 0) is 26.0 Å². The van der Waals surface area contributed by atoms with E-state index >= 15 is 0 Å². The van der Waals surface area contributed by atoms with Crippen LogP contribution in [0.1, 0.15) is 76.7 Å². The van der Waals surface area contributed by atoms with E-state index in [4.69, 9.17) is 4.74 Å². The Kier molecular flexibility index (Phi) is 11.2. The van der Waals surface area contributed by atoms with E-state index in [0.29, 0.717) is 36.8 Å². The molecule has 8 nitrogen and oxygen atoms in total. The molecule has 3 aliphatic rings. The fraction of sp³-hybridized carbons (Fsp3) is 0.576. The van der Waals surface area contributed by atoms with E-state index in [1.54, 1.807) is 24.3 Å². The molecule has 2 aromatic rings. The van der Waals surface area contributed by atoms with Crippen LogP contribution in [0.25, 0.3) is 0 Å². The summed E-state index contributed by atoms with van der Waals surface area (Å²) in [6.45, 7) is 5.05. The van der Waals surface area contributed by atoms with Crippen LogP contribution in [-0.4, -0.2) is 67.5 Å². The number of unbranched alkanes of at least 4 members (excludes halogenated alkanes) is 1. The number of nitrogens with zero attached hydrogens (tertiary/aromatic N) is 2. The first-order valence-electron chi connectivity index (χ1n) is 15.6. The zero-order valence-electron chi connectivity index (χ0n) is 25.4. The van der Waals surface area contributed by atoms with Crippen molar-refractivity contribution in [2.45, 2.75) is 94.2 Å². The minimum absolute atomic E-state index is 0. The summed E-state index contributed by atoms with van der Waals surface area (Å²) in [5.74, 6) is 1.96.